The first-order valence-electron chi connectivity index (χ1n) is 8.73. The van der Waals surface area contributed by atoms with Crippen LogP contribution in [0.3, 0.4) is 0 Å². The van der Waals surface area contributed by atoms with Crippen LogP contribution in [0.2, 0.25) is 0 Å². The average molecular weight is 361 g/mol. The molecule has 1 aromatic heterocycles. The number of rotatable bonds is 4. The zero-order valence-corrected chi connectivity index (χ0v) is 15.4. The lowest BCUT2D eigenvalue weighted by Gasteiger charge is -2.09. The second-order valence-electron chi connectivity index (χ2n) is 6.21. The minimum atomic E-state index is -0.230. The van der Waals surface area contributed by atoms with E-state index in [1.54, 1.807) is 11.3 Å². The third-order valence-electron chi connectivity index (χ3n) is 4.47. The molecule has 0 amide bonds. The number of carbonyl (C=O) groups excluding carboxylic acids is 1. The fourth-order valence-corrected chi connectivity index (χ4v) is 4.12. The summed E-state index contributed by atoms with van der Waals surface area (Å²) >= 11 is 1.57. The molecule has 0 aliphatic heterocycles. The zero-order chi connectivity index (χ0) is 17.9. The summed E-state index contributed by atoms with van der Waals surface area (Å²) in [5.41, 5.74) is 6.98. The molecule has 3 nitrogen and oxygen atoms in total. The van der Waals surface area contributed by atoms with E-state index in [2.05, 4.69) is 59.6 Å². The molecule has 0 saturated heterocycles. The summed E-state index contributed by atoms with van der Waals surface area (Å²) in [7, 11) is 0. The van der Waals surface area contributed by atoms with Crippen molar-refractivity contribution < 1.29 is 9.53 Å². The van der Waals surface area contributed by atoms with Gasteiger partial charge >= 0.3 is 5.97 Å². The van der Waals surface area contributed by atoms with Crippen LogP contribution in [0.1, 0.15) is 34.9 Å². The van der Waals surface area contributed by atoms with Gasteiger partial charge in [-0.2, -0.15) is 0 Å². The van der Waals surface area contributed by atoms with Crippen LogP contribution in [0.25, 0.3) is 22.7 Å². The Morgan fingerprint density at radius 3 is 2.85 bits per heavy atom. The molecule has 130 valence electrons. The van der Waals surface area contributed by atoms with Crippen molar-refractivity contribution in [1.82, 2.24) is 4.98 Å². The van der Waals surface area contributed by atoms with E-state index in [1.807, 2.05) is 12.3 Å². The number of carbonyl (C=O) groups is 1. The lowest BCUT2D eigenvalue weighted by molar-refractivity contribution is -0.142. The minimum Gasteiger partial charge on any atom is -0.466 e. The van der Waals surface area contributed by atoms with Crippen LogP contribution < -0.4 is 0 Å². The largest absolute Gasteiger partial charge is 0.466 e. The molecule has 0 N–H and O–H groups in total. The third-order valence-corrected chi connectivity index (χ3v) is 5.40. The molecule has 0 unspecified atom stereocenters. The minimum absolute atomic E-state index is 0.223. The van der Waals surface area contributed by atoms with Crippen LogP contribution in [0.4, 0.5) is 0 Å². The van der Waals surface area contributed by atoms with Crippen molar-refractivity contribution in [1.29, 1.82) is 0 Å². The molecule has 4 rings (SSSR count). The Labute approximate surface area is 157 Å². The van der Waals surface area contributed by atoms with Crippen molar-refractivity contribution >= 4 is 29.5 Å². The van der Waals surface area contributed by atoms with Gasteiger partial charge in [-0.1, -0.05) is 54.6 Å². The first kappa shape index (κ1) is 16.7. The monoisotopic (exact) mass is 361 g/mol. The standard InChI is InChI=1S/C22H19NO2S/c1-2-25-21(24)13-18-14-26-22(23-18)20-9-5-8-17-12-16-7-4-3-6-15(16)10-11-19(17)20/h3-11,14H,2,12-13H2,1H3. The smallest absolute Gasteiger partial charge is 0.311 e. The molecular weight excluding hydrogens is 342 g/mol. The molecule has 1 aliphatic carbocycles. The van der Waals surface area contributed by atoms with Gasteiger partial charge in [0, 0.05) is 10.9 Å². The highest BCUT2D eigenvalue weighted by Gasteiger charge is 2.16. The summed E-state index contributed by atoms with van der Waals surface area (Å²) in [6.45, 7) is 2.21. The molecule has 0 saturated carbocycles. The fourth-order valence-electron chi connectivity index (χ4n) is 3.26. The Bertz CT molecular complexity index is 987. The number of fused-ring (bicyclic) bond motifs is 2. The molecule has 0 radical (unpaired) electrons. The third kappa shape index (κ3) is 3.33. The lowest BCUT2D eigenvalue weighted by Crippen LogP contribution is -2.07. The van der Waals surface area contributed by atoms with Crippen molar-refractivity contribution in [3.8, 4) is 10.6 Å². The van der Waals surface area contributed by atoms with Gasteiger partial charge in [-0.25, -0.2) is 4.98 Å². The number of ether oxygens (including phenoxy) is 1. The molecular formula is C22H19NO2S. The van der Waals surface area contributed by atoms with Crippen molar-refractivity contribution in [2.45, 2.75) is 19.8 Å². The molecule has 0 bridgehead atoms. The van der Waals surface area contributed by atoms with Gasteiger partial charge in [0.15, 0.2) is 0 Å². The van der Waals surface area contributed by atoms with Gasteiger partial charge in [-0.05, 0) is 35.6 Å². The summed E-state index contributed by atoms with van der Waals surface area (Å²) in [5.74, 6) is -0.230. The average Bonchev–Trinajstić information content (AvgIpc) is 3.00. The number of esters is 1. The van der Waals surface area contributed by atoms with Gasteiger partial charge < -0.3 is 4.74 Å². The summed E-state index contributed by atoms with van der Waals surface area (Å²) in [5, 5.41) is 2.89. The van der Waals surface area contributed by atoms with Crippen LogP contribution in [-0.2, 0) is 22.4 Å². The molecule has 1 heterocycles. The summed E-state index contributed by atoms with van der Waals surface area (Å²) in [6, 6.07) is 14.9. The maximum Gasteiger partial charge on any atom is 0.311 e. The Hall–Kier alpha value is -2.72. The molecule has 3 aromatic rings. The van der Waals surface area contributed by atoms with E-state index in [-0.39, 0.29) is 12.4 Å². The number of hydrogen-bond acceptors (Lipinski definition) is 4. The SMILES string of the molecule is CCOC(=O)Cc1csc(-c2cccc3c2C=Cc2ccccc2C3)n1. The van der Waals surface area contributed by atoms with Gasteiger partial charge in [-0.15, -0.1) is 11.3 Å². The number of nitrogens with zero attached hydrogens (tertiary/aromatic N) is 1. The molecule has 1 aliphatic rings. The molecule has 0 fully saturated rings. The normalized spacial score (nSPS) is 12.2. The Kier molecular flexibility index (Phi) is 4.67. The molecule has 4 heteroatoms. The van der Waals surface area contributed by atoms with Crippen LogP contribution in [0.15, 0.2) is 47.8 Å². The Morgan fingerprint density at radius 2 is 1.96 bits per heavy atom. The Morgan fingerprint density at radius 1 is 1.12 bits per heavy atom. The number of hydrogen-bond donors (Lipinski definition) is 0. The number of aromatic nitrogens is 1. The maximum absolute atomic E-state index is 11.7. The van der Waals surface area contributed by atoms with E-state index in [0.29, 0.717) is 6.61 Å². The highest BCUT2D eigenvalue weighted by molar-refractivity contribution is 7.13. The highest BCUT2D eigenvalue weighted by atomic mass is 32.1. The second kappa shape index (κ2) is 7.26. The predicted molar refractivity (Wildman–Crippen MR) is 106 cm³/mol. The molecule has 26 heavy (non-hydrogen) atoms. The second-order valence-corrected chi connectivity index (χ2v) is 7.07. The van der Waals surface area contributed by atoms with Crippen molar-refractivity contribution in [2.24, 2.45) is 0 Å². The molecule has 0 spiro atoms. The first-order valence-corrected chi connectivity index (χ1v) is 9.61. The van der Waals surface area contributed by atoms with E-state index in [0.717, 1.165) is 22.7 Å². The van der Waals surface area contributed by atoms with E-state index in [1.165, 1.54) is 22.3 Å². The maximum atomic E-state index is 11.7. The number of benzene rings is 2. The van der Waals surface area contributed by atoms with E-state index >= 15 is 0 Å². The van der Waals surface area contributed by atoms with E-state index in [4.69, 9.17) is 4.74 Å². The lowest BCUT2D eigenvalue weighted by atomic mass is 9.97. The quantitative estimate of drug-likeness (QED) is 0.481. The topological polar surface area (TPSA) is 39.2 Å². The fraction of sp³-hybridized carbons (Fsp3) is 0.182. The predicted octanol–water partition coefficient (Wildman–Crippen LogP) is 4.99. The van der Waals surface area contributed by atoms with Crippen LogP contribution in [0, 0.1) is 0 Å². The summed E-state index contributed by atoms with van der Waals surface area (Å²) < 4.78 is 5.02. The zero-order valence-electron chi connectivity index (χ0n) is 14.6. The van der Waals surface area contributed by atoms with Crippen LogP contribution in [0.5, 0.6) is 0 Å². The van der Waals surface area contributed by atoms with Crippen LogP contribution >= 0.6 is 11.3 Å². The van der Waals surface area contributed by atoms with E-state index in [9.17, 15) is 4.79 Å². The van der Waals surface area contributed by atoms with Gasteiger partial charge in [-0.3, -0.25) is 4.79 Å². The molecule has 2 aromatic carbocycles. The van der Waals surface area contributed by atoms with Gasteiger partial charge in [0.2, 0.25) is 0 Å². The van der Waals surface area contributed by atoms with Crippen molar-refractivity contribution in [3.63, 3.8) is 0 Å². The first-order chi connectivity index (χ1) is 12.7. The Balaban J connectivity index is 1.68. The van der Waals surface area contributed by atoms with Crippen molar-refractivity contribution in [2.75, 3.05) is 6.61 Å². The highest BCUT2D eigenvalue weighted by Crippen LogP contribution is 2.34. The van der Waals surface area contributed by atoms with Crippen molar-refractivity contribution in [3.05, 3.63) is 75.8 Å². The van der Waals surface area contributed by atoms with Gasteiger partial charge in [0.1, 0.15) is 5.01 Å². The van der Waals surface area contributed by atoms with Gasteiger partial charge in [0.25, 0.3) is 0 Å². The molecule has 0 atom stereocenters. The summed E-state index contributed by atoms with van der Waals surface area (Å²) in [6.07, 6.45) is 5.49. The number of thiazole rings is 1. The summed E-state index contributed by atoms with van der Waals surface area (Å²) in [4.78, 5) is 16.4. The van der Waals surface area contributed by atoms with Gasteiger partial charge in [0.05, 0.1) is 18.7 Å². The van der Waals surface area contributed by atoms with Crippen LogP contribution in [-0.4, -0.2) is 17.6 Å². The van der Waals surface area contributed by atoms with E-state index < -0.39 is 0 Å².